The van der Waals surface area contributed by atoms with Gasteiger partial charge in [-0.25, -0.2) is 15.1 Å². The van der Waals surface area contributed by atoms with Gasteiger partial charge in [0.2, 0.25) is 0 Å². The van der Waals surface area contributed by atoms with Gasteiger partial charge in [0, 0.05) is 11.6 Å². The Labute approximate surface area is 118 Å². The summed E-state index contributed by atoms with van der Waals surface area (Å²) in [6.45, 7) is 7.27. The van der Waals surface area contributed by atoms with Crippen molar-refractivity contribution in [1.29, 1.82) is 0 Å². The Morgan fingerprint density at radius 3 is 2.65 bits per heavy atom. The summed E-state index contributed by atoms with van der Waals surface area (Å²) in [4.78, 5) is 16.2. The van der Waals surface area contributed by atoms with E-state index in [2.05, 4.69) is 10.2 Å². The van der Waals surface area contributed by atoms with Gasteiger partial charge >= 0.3 is 6.09 Å². The van der Waals surface area contributed by atoms with Gasteiger partial charge in [0.15, 0.2) is 0 Å². The second kappa shape index (κ2) is 6.67. The van der Waals surface area contributed by atoms with E-state index < -0.39 is 11.7 Å². The molecule has 0 aromatic heterocycles. The summed E-state index contributed by atoms with van der Waals surface area (Å²) in [5, 5.41) is 2.56. The number of carbonyl (C=O) groups excluding carboxylic acids is 1. The molecule has 3 N–H and O–H groups in total. The minimum atomic E-state index is -0.590. The monoisotopic (exact) mass is 284 g/mol. The van der Waals surface area contributed by atoms with Crippen LogP contribution in [0.5, 0.6) is 0 Å². The maximum atomic E-state index is 13.7. The van der Waals surface area contributed by atoms with Crippen molar-refractivity contribution in [3.63, 3.8) is 0 Å². The van der Waals surface area contributed by atoms with E-state index in [1.165, 1.54) is 12.1 Å². The van der Waals surface area contributed by atoms with Crippen molar-refractivity contribution in [2.24, 2.45) is 5.90 Å². The molecule has 0 aliphatic heterocycles. The number of amides is 1. The van der Waals surface area contributed by atoms with Gasteiger partial charge in [0.25, 0.3) is 0 Å². The normalized spacial score (nSPS) is 12.9. The number of nitrogens with one attached hydrogen (secondary N) is 1. The van der Waals surface area contributed by atoms with Gasteiger partial charge in [0.1, 0.15) is 11.4 Å². The van der Waals surface area contributed by atoms with Crippen LogP contribution >= 0.6 is 0 Å². The number of carbonyl (C=O) groups is 1. The lowest BCUT2D eigenvalue weighted by molar-refractivity contribution is 0.0636. The zero-order chi connectivity index (χ0) is 15.3. The summed E-state index contributed by atoms with van der Waals surface area (Å²) in [6, 6.07) is 4.30. The van der Waals surface area contributed by atoms with Crippen molar-refractivity contribution >= 4 is 11.8 Å². The molecule has 1 aromatic carbocycles. The van der Waals surface area contributed by atoms with Crippen LogP contribution in [0.4, 0.5) is 14.9 Å². The van der Waals surface area contributed by atoms with Gasteiger partial charge in [-0.1, -0.05) is 6.92 Å². The van der Waals surface area contributed by atoms with Gasteiger partial charge < -0.3 is 9.57 Å². The summed E-state index contributed by atoms with van der Waals surface area (Å²) in [6.07, 6.45) is -0.585. The number of rotatable bonds is 4. The number of ether oxygens (including phenoxy) is 1. The number of hydrogen-bond acceptors (Lipinski definition) is 4. The van der Waals surface area contributed by atoms with Gasteiger partial charge in [-0.3, -0.25) is 5.32 Å². The van der Waals surface area contributed by atoms with Crippen LogP contribution < -0.4 is 11.2 Å². The molecule has 0 saturated carbocycles. The zero-order valence-electron chi connectivity index (χ0n) is 12.2. The van der Waals surface area contributed by atoms with Crippen LogP contribution in [0, 0.1) is 5.82 Å². The third-order valence-corrected chi connectivity index (χ3v) is 2.52. The Balaban J connectivity index is 2.82. The highest BCUT2D eigenvalue weighted by atomic mass is 19.1. The molecule has 1 unspecified atom stereocenters. The molecule has 1 atom stereocenters. The number of halogens is 1. The molecule has 0 saturated heterocycles. The fraction of sp³-hybridized carbons (Fsp3) is 0.500. The smallest absolute Gasteiger partial charge is 0.412 e. The number of benzene rings is 1. The van der Waals surface area contributed by atoms with E-state index in [9.17, 15) is 9.18 Å². The molecular formula is C14H21FN2O3. The maximum absolute atomic E-state index is 13.7. The molecule has 0 heterocycles. The van der Waals surface area contributed by atoms with E-state index >= 15 is 0 Å². The molecule has 6 heteroatoms. The quantitative estimate of drug-likeness (QED) is 0.833. The number of hydrogen-bond donors (Lipinski definition) is 2. The van der Waals surface area contributed by atoms with Gasteiger partial charge in [0.05, 0.1) is 6.61 Å². The van der Waals surface area contributed by atoms with Crippen LogP contribution in [-0.4, -0.2) is 18.3 Å². The molecule has 20 heavy (non-hydrogen) atoms. The van der Waals surface area contributed by atoms with E-state index in [1.807, 2.05) is 0 Å². The lowest BCUT2D eigenvalue weighted by atomic mass is 10.0. The van der Waals surface area contributed by atoms with Gasteiger partial charge in [-0.15, -0.1) is 0 Å². The molecule has 1 aromatic rings. The average molecular weight is 284 g/mol. The van der Waals surface area contributed by atoms with E-state index in [1.54, 1.807) is 33.8 Å². The van der Waals surface area contributed by atoms with Gasteiger partial charge in [-0.05, 0) is 44.5 Å². The predicted molar refractivity (Wildman–Crippen MR) is 74.8 cm³/mol. The molecule has 0 radical (unpaired) electrons. The summed E-state index contributed by atoms with van der Waals surface area (Å²) in [5.74, 6) is 4.40. The molecule has 112 valence electrons. The molecule has 0 aliphatic rings. The molecule has 0 bridgehead atoms. The molecular weight excluding hydrogens is 263 g/mol. The number of nitrogens with two attached hydrogens (primary N) is 1. The van der Waals surface area contributed by atoms with Crippen LogP contribution in [0.2, 0.25) is 0 Å². The topological polar surface area (TPSA) is 73.6 Å². The lowest BCUT2D eigenvalue weighted by Gasteiger charge is -2.20. The van der Waals surface area contributed by atoms with Crippen molar-refractivity contribution in [2.75, 3.05) is 11.9 Å². The van der Waals surface area contributed by atoms with Crippen LogP contribution in [0.15, 0.2) is 18.2 Å². The first-order valence-electron chi connectivity index (χ1n) is 6.34. The fourth-order valence-electron chi connectivity index (χ4n) is 1.65. The lowest BCUT2D eigenvalue weighted by Crippen LogP contribution is -2.27. The predicted octanol–water partition coefficient (Wildman–Crippen LogP) is 3.17. The van der Waals surface area contributed by atoms with Crippen LogP contribution in [0.25, 0.3) is 0 Å². The molecule has 1 amide bonds. The zero-order valence-corrected chi connectivity index (χ0v) is 12.2. The van der Waals surface area contributed by atoms with E-state index in [0.717, 1.165) is 0 Å². The maximum Gasteiger partial charge on any atom is 0.412 e. The SMILES string of the molecule is CC(CON)c1cc(NC(=O)OC(C)(C)C)ccc1F. The standard InChI is InChI=1S/C14H21FN2O3/c1-9(8-19-16)11-7-10(5-6-12(11)15)17-13(18)20-14(2,3)4/h5-7,9H,8,16H2,1-4H3,(H,17,18). The number of anilines is 1. The molecule has 1 rings (SSSR count). The van der Waals surface area contributed by atoms with Crippen LogP contribution in [0.1, 0.15) is 39.2 Å². The highest BCUT2D eigenvalue weighted by molar-refractivity contribution is 5.85. The summed E-state index contributed by atoms with van der Waals surface area (Å²) >= 11 is 0. The molecule has 0 fully saturated rings. The van der Waals surface area contributed by atoms with Crippen molar-refractivity contribution in [3.8, 4) is 0 Å². The molecule has 0 spiro atoms. The van der Waals surface area contributed by atoms with Crippen molar-refractivity contribution < 1.29 is 18.8 Å². The molecule has 0 aliphatic carbocycles. The Bertz CT molecular complexity index is 472. The average Bonchev–Trinajstić information content (AvgIpc) is 2.29. The Hall–Kier alpha value is -1.66. The van der Waals surface area contributed by atoms with Gasteiger partial charge in [-0.2, -0.15) is 0 Å². The van der Waals surface area contributed by atoms with Crippen LogP contribution in [-0.2, 0) is 9.57 Å². The summed E-state index contributed by atoms with van der Waals surface area (Å²) < 4.78 is 18.8. The minimum absolute atomic E-state index is 0.187. The Morgan fingerprint density at radius 1 is 1.45 bits per heavy atom. The van der Waals surface area contributed by atoms with Crippen molar-refractivity contribution in [1.82, 2.24) is 0 Å². The largest absolute Gasteiger partial charge is 0.444 e. The second-order valence-corrected chi connectivity index (χ2v) is 5.60. The van der Waals surface area contributed by atoms with E-state index in [4.69, 9.17) is 10.6 Å². The minimum Gasteiger partial charge on any atom is -0.444 e. The Kier molecular flexibility index (Phi) is 5.47. The first kappa shape index (κ1) is 16.4. The van der Waals surface area contributed by atoms with E-state index in [-0.39, 0.29) is 18.3 Å². The Morgan fingerprint density at radius 2 is 2.10 bits per heavy atom. The molecule has 5 nitrogen and oxygen atoms in total. The summed E-state index contributed by atoms with van der Waals surface area (Å²) in [7, 11) is 0. The third kappa shape index (κ3) is 5.14. The van der Waals surface area contributed by atoms with Crippen molar-refractivity contribution in [3.05, 3.63) is 29.6 Å². The summed E-state index contributed by atoms with van der Waals surface area (Å²) in [5.41, 5.74) is 0.289. The first-order valence-corrected chi connectivity index (χ1v) is 6.34. The fourth-order valence-corrected chi connectivity index (χ4v) is 1.65. The first-order chi connectivity index (χ1) is 9.23. The third-order valence-electron chi connectivity index (χ3n) is 2.52. The second-order valence-electron chi connectivity index (χ2n) is 5.60. The van der Waals surface area contributed by atoms with Crippen LogP contribution in [0.3, 0.4) is 0 Å². The highest BCUT2D eigenvalue weighted by Gasteiger charge is 2.17. The van der Waals surface area contributed by atoms with Crippen molar-refractivity contribution in [2.45, 2.75) is 39.2 Å². The van der Waals surface area contributed by atoms with E-state index in [0.29, 0.717) is 11.3 Å². The highest BCUT2D eigenvalue weighted by Crippen LogP contribution is 2.23.